The summed E-state index contributed by atoms with van der Waals surface area (Å²) in [5, 5.41) is 5.33. The average molecular weight is 317 g/mol. The Balaban J connectivity index is 1.68. The molecule has 1 aliphatic heterocycles. The zero-order valence-electron chi connectivity index (χ0n) is 12.5. The number of amides is 1. The summed E-state index contributed by atoms with van der Waals surface area (Å²) < 4.78 is 0. The van der Waals surface area contributed by atoms with Crippen LogP contribution in [-0.2, 0) is 0 Å². The minimum absolute atomic E-state index is 0.112. The van der Waals surface area contributed by atoms with Crippen LogP contribution in [0.3, 0.4) is 0 Å². The number of anilines is 2. The third kappa shape index (κ3) is 3.19. The first kappa shape index (κ1) is 14.8. The van der Waals surface area contributed by atoms with Gasteiger partial charge < -0.3 is 16.0 Å². The smallest absolute Gasteiger partial charge is 0.263 e. The minimum atomic E-state index is 0.112. The average Bonchev–Trinajstić information content (AvgIpc) is 3.05. The summed E-state index contributed by atoms with van der Waals surface area (Å²) in [7, 11) is 0. The first-order valence-corrected chi connectivity index (χ1v) is 8.20. The predicted molar refractivity (Wildman–Crippen MR) is 88.0 cm³/mol. The fourth-order valence-electron chi connectivity index (χ4n) is 2.63. The molecule has 0 aromatic carbocycles. The number of carbonyl (C=O) groups is 1. The van der Waals surface area contributed by atoms with Crippen molar-refractivity contribution in [1.29, 1.82) is 0 Å². The van der Waals surface area contributed by atoms with Crippen LogP contribution in [-0.4, -0.2) is 39.9 Å². The van der Waals surface area contributed by atoms with Gasteiger partial charge in [0.25, 0.3) is 5.91 Å². The van der Waals surface area contributed by atoms with Gasteiger partial charge in [0.1, 0.15) is 5.82 Å². The van der Waals surface area contributed by atoms with Crippen LogP contribution in [0, 0.1) is 6.92 Å². The molecule has 1 unspecified atom stereocenters. The largest absolute Gasteiger partial charge is 0.368 e. The topological polar surface area (TPSA) is 84.1 Å². The molecular formula is C15H19N5OS. The van der Waals surface area contributed by atoms with Gasteiger partial charge in [-0.1, -0.05) is 6.07 Å². The second kappa shape index (κ2) is 6.31. The Hall–Kier alpha value is -2.15. The summed E-state index contributed by atoms with van der Waals surface area (Å²) in [5.74, 6) is 1.12. The van der Waals surface area contributed by atoms with Gasteiger partial charge >= 0.3 is 0 Å². The fourth-order valence-corrected chi connectivity index (χ4v) is 3.32. The van der Waals surface area contributed by atoms with Gasteiger partial charge in [0.15, 0.2) is 0 Å². The van der Waals surface area contributed by atoms with Gasteiger partial charge in [-0.15, -0.1) is 11.3 Å². The molecular weight excluding hydrogens is 298 g/mol. The van der Waals surface area contributed by atoms with E-state index in [0.717, 1.165) is 35.6 Å². The van der Waals surface area contributed by atoms with E-state index in [2.05, 4.69) is 15.3 Å². The van der Waals surface area contributed by atoms with Crippen molar-refractivity contribution in [3.05, 3.63) is 34.2 Å². The highest BCUT2D eigenvalue weighted by Crippen LogP contribution is 2.20. The number of carbonyl (C=O) groups excluding carboxylic acids is 1. The molecule has 3 N–H and O–H groups in total. The molecule has 1 saturated heterocycles. The first-order valence-electron chi connectivity index (χ1n) is 7.32. The summed E-state index contributed by atoms with van der Waals surface area (Å²) in [6.07, 6.45) is 3.70. The van der Waals surface area contributed by atoms with Crippen molar-refractivity contribution in [2.45, 2.75) is 25.8 Å². The summed E-state index contributed by atoms with van der Waals surface area (Å²) in [4.78, 5) is 23.4. The van der Waals surface area contributed by atoms with Gasteiger partial charge in [0.2, 0.25) is 5.95 Å². The number of thiophene rings is 1. The molecule has 0 aliphatic carbocycles. The van der Waals surface area contributed by atoms with Crippen molar-refractivity contribution in [2.75, 3.05) is 24.1 Å². The third-order valence-electron chi connectivity index (χ3n) is 3.77. The molecule has 1 fully saturated rings. The van der Waals surface area contributed by atoms with Gasteiger partial charge in [0, 0.05) is 30.9 Å². The number of aromatic nitrogens is 2. The molecule has 2 aromatic heterocycles. The molecule has 0 saturated carbocycles. The van der Waals surface area contributed by atoms with Crippen molar-refractivity contribution < 1.29 is 4.79 Å². The molecule has 22 heavy (non-hydrogen) atoms. The zero-order chi connectivity index (χ0) is 15.5. The molecule has 116 valence electrons. The van der Waals surface area contributed by atoms with Crippen molar-refractivity contribution in [2.24, 2.45) is 0 Å². The lowest BCUT2D eigenvalue weighted by atomic mass is 10.1. The lowest BCUT2D eigenvalue weighted by Crippen LogP contribution is -2.45. The molecule has 1 aliphatic rings. The number of piperidine rings is 1. The van der Waals surface area contributed by atoms with Gasteiger partial charge in [-0.05, 0) is 31.2 Å². The Kier molecular flexibility index (Phi) is 4.24. The number of hydrogen-bond donors (Lipinski definition) is 2. The van der Waals surface area contributed by atoms with Crippen LogP contribution in [0.2, 0.25) is 0 Å². The highest BCUT2D eigenvalue weighted by atomic mass is 32.1. The fraction of sp³-hybridized carbons (Fsp3) is 0.400. The molecule has 3 rings (SSSR count). The van der Waals surface area contributed by atoms with E-state index in [1.807, 2.05) is 29.3 Å². The second-order valence-electron chi connectivity index (χ2n) is 5.47. The second-order valence-corrected chi connectivity index (χ2v) is 6.42. The lowest BCUT2D eigenvalue weighted by molar-refractivity contribution is 0.0719. The van der Waals surface area contributed by atoms with Gasteiger partial charge in [-0.2, -0.15) is 4.98 Å². The van der Waals surface area contributed by atoms with E-state index < -0.39 is 0 Å². The number of nitrogens with zero attached hydrogens (tertiary/aromatic N) is 3. The Morgan fingerprint density at radius 3 is 3.18 bits per heavy atom. The molecule has 0 spiro atoms. The van der Waals surface area contributed by atoms with Crippen LogP contribution in [0.4, 0.5) is 11.8 Å². The molecule has 6 nitrogen and oxygen atoms in total. The van der Waals surface area contributed by atoms with Gasteiger partial charge in [-0.3, -0.25) is 4.79 Å². The molecule has 0 radical (unpaired) electrons. The maximum atomic E-state index is 12.4. The van der Waals surface area contributed by atoms with Crippen LogP contribution in [0.1, 0.15) is 28.1 Å². The highest BCUT2D eigenvalue weighted by Gasteiger charge is 2.25. The first-order chi connectivity index (χ1) is 10.6. The van der Waals surface area contributed by atoms with Gasteiger partial charge in [-0.25, -0.2) is 4.98 Å². The molecule has 2 aromatic rings. The van der Waals surface area contributed by atoms with Crippen molar-refractivity contribution in [1.82, 2.24) is 14.9 Å². The summed E-state index contributed by atoms with van der Waals surface area (Å²) >= 11 is 1.49. The number of nitrogen functional groups attached to an aromatic ring is 1. The molecule has 1 amide bonds. The Morgan fingerprint density at radius 2 is 2.41 bits per heavy atom. The van der Waals surface area contributed by atoms with Crippen molar-refractivity contribution in [3.63, 3.8) is 0 Å². The molecule has 3 heterocycles. The summed E-state index contributed by atoms with van der Waals surface area (Å²) in [5.41, 5.74) is 6.60. The van der Waals surface area contributed by atoms with E-state index in [-0.39, 0.29) is 17.9 Å². The van der Waals surface area contributed by atoms with Crippen LogP contribution in [0.25, 0.3) is 0 Å². The number of hydrogen-bond acceptors (Lipinski definition) is 6. The summed E-state index contributed by atoms with van der Waals surface area (Å²) in [6, 6.07) is 3.97. The van der Waals surface area contributed by atoms with Gasteiger partial charge in [0.05, 0.1) is 4.88 Å². The number of rotatable bonds is 3. The maximum absolute atomic E-state index is 12.4. The van der Waals surface area contributed by atoms with E-state index in [1.54, 1.807) is 6.20 Å². The van der Waals surface area contributed by atoms with Crippen LogP contribution in [0.15, 0.2) is 23.7 Å². The number of nitrogens with two attached hydrogens (primary N) is 1. The molecule has 1 atom stereocenters. The van der Waals surface area contributed by atoms with E-state index in [9.17, 15) is 4.79 Å². The standard InChI is InChI=1S/C15H19N5OS/c1-10-8-17-15(16)19-13(10)18-11-4-2-6-20(9-11)14(21)12-5-3-7-22-12/h3,5,7-8,11H,2,4,6,9H2,1H3,(H3,16,17,18,19). The lowest BCUT2D eigenvalue weighted by Gasteiger charge is -2.33. The Morgan fingerprint density at radius 1 is 1.55 bits per heavy atom. The van der Waals surface area contributed by atoms with Crippen molar-refractivity contribution >= 4 is 29.0 Å². The van der Waals surface area contributed by atoms with Crippen LogP contribution in [0.5, 0.6) is 0 Å². The van der Waals surface area contributed by atoms with E-state index in [0.29, 0.717) is 6.54 Å². The predicted octanol–water partition coefficient (Wildman–Crippen LogP) is 2.15. The maximum Gasteiger partial charge on any atom is 0.263 e. The third-order valence-corrected chi connectivity index (χ3v) is 4.63. The number of aryl methyl sites for hydroxylation is 1. The Labute approximate surface area is 133 Å². The molecule has 0 bridgehead atoms. The van der Waals surface area contributed by atoms with E-state index >= 15 is 0 Å². The summed E-state index contributed by atoms with van der Waals surface area (Å²) in [6.45, 7) is 3.43. The van der Waals surface area contributed by atoms with E-state index in [1.165, 1.54) is 11.3 Å². The monoisotopic (exact) mass is 317 g/mol. The highest BCUT2D eigenvalue weighted by molar-refractivity contribution is 7.12. The van der Waals surface area contributed by atoms with Crippen molar-refractivity contribution in [3.8, 4) is 0 Å². The SMILES string of the molecule is Cc1cnc(N)nc1NC1CCCN(C(=O)c2cccs2)C1. The van der Waals surface area contributed by atoms with Crippen LogP contribution >= 0.6 is 11.3 Å². The zero-order valence-corrected chi connectivity index (χ0v) is 13.3. The van der Waals surface area contributed by atoms with Crippen LogP contribution < -0.4 is 11.1 Å². The quantitative estimate of drug-likeness (QED) is 0.906. The Bertz CT molecular complexity index is 658. The number of nitrogens with one attached hydrogen (secondary N) is 1. The normalized spacial score (nSPS) is 18.2. The minimum Gasteiger partial charge on any atom is -0.368 e. The number of likely N-dealkylation sites (tertiary alicyclic amines) is 1. The van der Waals surface area contributed by atoms with E-state index in [4.69, 9.17) is 5.73 Å². The molecule has 7 heteroatoms.